The first kappa shape index (κ1) is 48.2. The molecule has 1 fully saturated rings. The van der Waals surface area contributed by atoms with Crippen molar-refractivity contribution >= 4 is 58.0 Å². The van der Waals surface area contributed by atoms with Crippen LogP contribution in [-0.4, -0.2) is 121 Å². The van der Waals surface area contributed by atoms with Gasteiger partial charge in [0.25, 0.3) is 11.8 Å². The van der Waals surface area contributed by atoms with Crippen LogP contribution in [0.5, 0.6) is 11.5 Å². The number of allylic oxidation sites excluding steroid dienone is 1. The monoisotopic (exact) mass is 965 g/mol. The van der Waals surface area contributed by atoms with Crippen LogP contribution in [-0.2, 0) is 28.5 Å². The van der Waals surface area contributed by atoms with Gasteiger partial charge >= 0.3 is 0 Å². The van der Waals surface area contributed by atoms with E-state index in [-0.39, 0.29) is 42.4 Å². The summed E-state index contributed by atoms with van der Waals surface area (Å²) in [5, 5.41) is 16.1. The Hall–Kier alpha value is -6.28. The van der Waals surface area contributed by atoms with Crippen molar-refractivity contribution in [1.82, 2.24) is 25.0 Å². The van der Waals surface area contributed by atoms with Gasteiger partial charge in [0.15, 0.2) is 5.82 Å². The molecule has 3 aliphatic heterocycles. The summed E-state index contributed by atoms with van der Waals surface area (Å²) in [5.74, 6) is 0.533. The molecule has 0 radical (unpaired) electrons. The van der Waals surface area contributed by atoms with Gasteiger partial charge in [0, 0.05) is 32.4 Å². The number of rotatable bonds is 22. The van der Waals surface area contributed by atoms with Crippen molar-refractivity contribution in [3.05, 3.63) is 128 Å². The van der Waals surface area contributed by atoms with Crippen LogP contribution in [0.15, 0.2) is 84.0 Å². The van der Waals surface area contributed by atoms with Crippen molar-refractivity contribution in [2.45, 2.75) is 52.1 Å². The lowest BCUT2D eigenvalue weighted by Gasteiger charge is -2.29. The predicted octanol–water partition coefficient (Wildman–Crippen LogP) is 6.74. The molecule has 8 rings (SSSR count). The number of imide groups is 1. The van der Waals surface area contributed by atoms with E-state index >= 15 is 0 Å². The molecule has 3 aromatic carbocycles. The Bertz CT molecular complexity index is 2700. The van der Waals surface area contributed by atoms with Crippen molar-refractivity contribution < 1.29 is 47.6 Å². The van der Waals surface area contributed by atoms with Gasteiger partial charge in [-0.3, -0.25) is 33.6 Å². The normalized spacial score (nSPS) is 16.5. The Morgan fingerprint density at radius 2 is 1.46 bits per heavy atom. The summed E-state index contributed by atoms with van der Waals surface area (Å²) in [6, 6.07) is 18.1. The number of aromatic nitrogens is 3. The van der Waals surface area contributed by atoms with Crippen LogP contribution < -0.4 is 20.1 Å². The molecule has 0 bridgehead atoms. The number of nitrogens with one attached hydrogen (secondary N) is 2. The molecule has 1 saturated heterocycles. The zero-order chi connectivity index (χ0) is 47.7. The number of anilines is 1. The Labute approximate surface area is 402 Å². The number of thiophene rings is 1. The van der Waals surface area contributed by atoms with Crippen LogP contribution in [0, 0.1) is 20.8 Å². The molecule has 4 amide bonds. The van der Waals surface area contributed by atoms with Crippen LogP contribution in [0.1, 0.15) is 79.2 Å². The third-order valence-corrected chi connectivity index (χ3v) is 13.0. The summed E-state index contributed by atoms with van der Waals surface area (Å²) >= 11 is 7.90. The van der Waals surface area contributed by atoms with Crippen LogP contribution in [0.4, 0.5) is 5.69 Å². The van der Waals surface area contributed by atoms with E-state index in [1.54, 1.807) is 53.8 Å². The second-order valence-corrected chi connectivity index (χ2v) is 17.8. The molecule has 0 aliphatic carbocycles. The molecule has 5 aromatic rings. The molecule has 0 saturated carbocycles. The summed E-state index contributed by atoms with van der Waals surface area (Å²) in [4.78, 5) is 59.7. The van der Waals surface area contributed by atoms with Crippen LogP contribution >= 0.6 is 22.9 Å². The summed E-state index contributed by atoms with van der Waals surface area (Å²) in [6.45, 7) is 13.2. The Kier molecular flexibility index (Phi) is 15.7. The molecule has 19 heteroatoms. The number of halogens is 1. The lowest BCUT2D eigenvalue weighted by Crippen LogP contribution is -2.51. The van der Waals surface area contributed by atoms with Crippen molar-refractivity contribution in [1.29, 1.82) is 0 Å². The molecule has 5 heterocycles. The van der Waals surface area contributed by atoms with E-state index in [9.17, 15) is 19.2 Å². The number of amides is 4. The van der Waals surface area contributed by atoms with Gasteiger partial charge in [0.2, 0.25) is 11.8 Å². The number of carbonyl (C=O) groups excluding carboxylic acids is 4. The van der Waals surface area contributed by atoms with Gasteiger partial charge < -0.3 is 39.1 Å². The summed E-state index contributed by atoms with van der Waals surface area (Å²) in [7, 11) is 0. The fourth-order valence-corrected chi connectivity index (χ4v) is 9.37. The third kappa shape index (κ3) is 11.0. The first-order chi connectivity index (χ1) is 33.0. The molecule has 17 nitrogen and oxygen atoms in total. The van der Waals surface area contributed by atoms with Gasteiger partial charge in [0.1, 0.15) is 47.6 Å². The molecule has 0 spiro atoms. The lowest BCUT2D eigenvalue weighted by molar-refractivity contribution is -0.125. The number of hydrogen-bond acceptors (Lipinski definition) is 14. The van der Waals surface area contributed by atoms with E-state index in [0.717, 1.165) is 38.1 Å². The van der Waals surface area contributed by atoms with Crippen molar-refractivity contribution in [3.8, 4) is 16.5 Å². The smallest absolute Gasteiger partial charge is 0.266 e. The number of piperidine rings is 1. The Morgan fingerprint density at radius 3 is 2.12 bits per heavy atom. The molecule has 2 N–H and O–H groups in total. The molecule has 1 unspecified atom stereocenters. The van der Waals surface area contributed by atoms with Crippen molar-refractivity contribution in [2.75, 3.05) is 71.4 Å². The highest BCUT2D eigenvalue weighted by molar-refractivity contribution is 7.15. The van der Waals surface area contributed by atoms with Gasteiger partial charge in [0.05, 0.1) is 76.1 Å². The van der Waals surface area contributed by atoms with Gasteiger partial charge in [-0.2, -0.15) is 0 Å². The highest BCUT2D eigenvalue weighted by Gasteiger charge is 2.45. The number of aliphatic imine (C=N–C) groups is 1. The largest absolute Gasteiger partial charge is 0.491 e. The highest BCUT2D eigenvalue weighted by Crippen LogP contribution is 2.40. The Balaban J connectivity index is 0.676. The quantitative estimate of drug-likeness (QED) is 0.0549. The summed E-state index contributed by atoms with van der Waals surface area (Å²) in [5.41, 5.74) is 5.36. The van der Waals surface area contributed by atoms with E-state index in [1.807, 2.05) is 35.8 Å². The second-order valence-electron chi connectivity index (χ2n) is 16.1. The van der Waals surface area contributed by atoms with Crippen LogP contribution in [0.25, 0.3) is 5.00 Å². The predicted molar refractivity (Wildman–Crippen MR) is 254 cm³/mol. The first-order valence-corrected chi connectivity index (χ1v) is 23.5. The average Bonchev–Trinajstić information content (AvgIpc) is 3.90. The standard InChI is InChI=1S/C49H52ClN7O10S/c1-29-8-17-39(46(59)51-29)57-47(60)37-6-5-7-40(43(37)48(57)61)67-27-25-65-23-21-63-19-18-62-20-22-64-24-26-66-36-15-13-35(14-16-36)52-41(58)28-38-45-55-54-32(4)56(45)49-42(30(2)31(3)68-49)44(53-38)33-9-11-34(50)12-10-33/h5-7,9-16,38-39H,1,8,17-28H2,2-4H3,(H,51,59)(H,52,58)/t38-,39?/m0/s1. The van der Waals surface area contributed by atoms with Crippen molar-refractivity contribution in [2.24, 2.45) is 4.99 Å². The lowest BCUT2D eigenvalue weighted by atomic mass is 9.99. The van der Waals surface area contributed by atoms with Crippen LogP contribution in [0.2, 0.25) is 5.02 Å². The van der Waals surface area contributed by atoms with Crippen molar-refractivity contribution in [3.63, 3.8) is 0 Å². The number of hydrogen-bond donors (Lipinski definition) is 2. The number of nitrogens with zero attached hydrogens (tertiary/aromatic N) is 5. The third-order valence-electron chi connectivity index (χ3n) is 11.5. The Morgan fingerprint density at radius 1 is 0.809 bits per heavy atom. The number of aryl methyl sites for hydroxylation is 2. The fourth-order valence-electron chi connectivity index (χ4n) is 8.03. The molecule has 68 heavy (non-hydrogen) atoms. The molecule has 2 aromatic heterocycles. The molecular formula is C49H52ClN7O10S. The highest BCUT2D eigenvalue weighted by atomic mass is 35.5. The zero-order valence-corrected chi connectivity index (χ0v) is 39.6. The van der Waals surface area contributed by atoms with E-state index in [4.69, 9.17) is 45.0 Å². The minimum Gasteiger partial charge on any atom is -0.491 e. The SMILES string of the molecule is C=C1CCC(N2C(=O)c3cccc(OCCOCCOCCOCCOCCOc4ccc(NC(=O)C[C@@H]5N=C(c6ccc(Cl)cc6)c6c(sc(C)c6C)-n6c(C)nnc65)cc4)c3C2=O)C(=O)N1. The van der Waals surface area contributed by atoms with E-state index < -0.39 is 29.8 Å². The summed E-state index contributed by atoms with van der Waals surface area (Å²) < 4.78 is 36.0. The van der Waals surface area contributed by atoms with Gasteiger partial charge in [-0.05, 0) is 87.7 Å². The van der Waals surface area contributed by atoms with Gasteiger partial charge in [-0.1, -0.05) is 36.4 Å². The van der Waals surface area contributed by atoms with E-state index in [1.165, 1.54) is 4.88 Å². The van der Waals surface area contributed by atoms with E-state index in [2.05, 4.69) is 41.3 Å². The maximum atomic E-state index is 13.5. The minimum atomic E-state index is -0.892. The molecule has 356 valence electrons. The molecule has 2 atom stereocenters. The summed E-state index contributed by atoms with van der Waals surface area (Å²) in [6.07, 6.45) is 0.863. The minimum absolute atomic E-state index is 0.0554. The molecule has 3 aliphatic rings. The number of benzene rings is 3. The van der Waals surface area contributed by atoms with E-state index in [0.29, 0.717) is 93.7 Å². The van der Waals surface area contributed by atoms with Crippen LogP contribution in [0.3, 0.4) is 0 Å². The van der Waals surface area contributed by atoms with Gasteiger partial charge in [-0.15, -0.1) is 21.5 Å². The average molecular weight is 967 g/mol. The number of fused-ring (bicyclic) bond motifs is 4. The maximum Gasteiger partial charge on any atom is 0.266 e. The van der Waals surface area contributed by atoms with Gasteiger partial charge in [-0.25, -0.2) is 0 Å². The topological polar surface area (TPSA) is 194 Å². The fraction of sp³-hybridized carbons (Fsp3) is 0.367. The second kappa shape index (κ2) is 22.2. The maximum absolute atomic E-state index is 13.5. The first-order valence-electron chi connectivity index (χ1n) is 22.3. The number of ether oxygens (including phenoxy) is 6. The number of carbonyl (C=O) groups is 4. The molecular weight excluding hydrogens is 914 g/mol. The zero-order valence-electron chi connectivity index (χ0n) is 38.0.